The van der Waals surface area contributed by atoms with Crippen LogP contribution in [0.5, 0.6) is 17.2 Å². The molecule has 0 aliphatic heterocycles. The van der Waals surface area contributed by atoms with Crippen LogP contribution in [0.1, 0.15) is 11.7 Å². The highest BCUT2D eigenvalue weighted by atomic mass is 32.2. The van der Waals surface area contributed by atoms with Gasteiger partial charge in [-0.2, -0.15) is 0 Å². The van der Waals surface area contributed by atoms with Gasteiger partial charge in [-0.05, 0) is 54.1 Å². The molecule has 1 aromatic heterocycles. The lowest BCUT2D eigenvalue weighted by molar-refractivity contribution is 0.172. The van der Waals surface area contributed by atoms with Crippen molar-refractivity contribution in [2.45, 2.75) is 6.10 Å². The molecule has 0 bridgehead atoms. The molecule has 9 heteroatoms. The zero-order valence-electron chi connectivity index (χ0n) is 20.8. The molecule has 4 N–H and O–H groups in total. The van der Waals surface area contributed by atoms with Gasteiger partial charge in [0.25, 0.3) is 0 Å². The third-order valence-electron chi connectivity index (χ3n) is 5.98. The molecule has 1 heterocycles. The summed E-state index contributed by atoms with van der Waals surface area (Å²) in [4.78, 5) is 3.45. The van der Waals surface area contributed by atoms with E-state index < -0.39 is 16.1 Å². The molecule has 0 spiro atoms. The summed E-state index contributed by atoms with van der Waals surface area (Å²) in [6.45, 7) is 1.26. The molecule has 196 valence electrons. The zero-order valence-corrected chi connectivity index (χ0v) is 21.7. The van der Waals surface area contributed by atoms with Crippen molar-refractivity contribution >= 4 is 37.5 Å². The molecule has 0 fully saturated rings. The molecule has 0 aliphatic carbocycles. The fourth-order valence-electron chi connectivity index (χ4n) is 4.27. The number of fused-ring (bicyclic) bond motifs is 3. The van der Waals surface area contributed by atoms with Crippen molar-refractivity contribution in [2.75, 3.05) is 30.7 Å². The van der Waals surface area contributed by atoms with E-state index in [0.29, 0.717) is 30.9 Å². The summed E-state index contributed by atoms with van der Waals surface area (Å²) in [6.07, 6.45) is 0.306. The third kappa shape index (κ3) is 6.44. The summed E-state index contributed by atoms with van der Waals surface area (Å²) < 4.78 is 37.1. The second-order valence-corrected chi connectivity index (χ2v) is 10.8. The number of para-hydroxylation sites is 1. The molecular formula is C29H29N3O5S. The summed E-state index contributed by atoms with van der Waals surface area (Å²) in [5.74, 6) is 2.29. The maximum Gasteiger partial charge on any atom is 0.229 e. The monoisotopic (exact) mass is 531 g/mol. The van der Waals surface area contributed by atoms with Crippen molar-refractivity contribution in [2.24, 2.45) is 0 Å². The third-order valence-corrected chi connectivity index (χ3v) is 6.59. The fourth-order valence-corrected chi connectivity index (χ4v) is 4.82. The van der Waals surface area contributed by atoms with Crippen LogP contribution in [-0.4, -0.2) is 44.5 Å². The lowest BCUT2D eigenvalue weighted by Crippen LogP contribution is -2.26. The van der Waals surface area contributed by atoms with Crippen LogP contribution in [0, 0.1) is 0 Å². The molecule has 0 amide bonds. The Labute approximate surface area is 221 Å². The van der Waals surface area contributed by atoms with Crippen molar-refractivity contribution in [3.8, 4) is 17.2 Å². The van der Waals surface area contributed by atoms with Gasteiger partial charge in [-0.25, -0.2) is 8.42 Å². The van der Waals surface area contributed by atoms with Crippen LogP contribution in [0.15, 0.2) is 91.0 Å². The van der Waals surface area contributed by atoms with E-state index in [1.807, 2.05) is 60.7 Å². The number of nitrogens with one attached hydrogen (secondary N) is 3. The number of hydrogen-bond donors (Lipinski definition) is 4. The Balaban J connectivity index is 1.15. The predicted molar refractivity (Wildman–Crippen MR) is 151 cm³/mol. The van der Waals surface area contributed by atoms with Gasteiger partial charge in [0, 0.05) is 41.7 Å². The number of anilines is 1. The van der Waals surface area contributed by atoms with Gasteiger partial charge in [-0.3, -0.25) is 4.72 Å². The molecule has 0 saturated heterocycles. The quantitative estimate of drug-likeness (QED) is 0.175. The van der Waals surface area contributed by atoms with Gasteiger partial charge in [-0.1, -0.05) is 30.3 Å². The van der Waals surface area contributed by atoms with Crippen molar-refractivity contribution in [3.05, 3.63) is 96.6 Å². The molecule has 5 rings (SSSR count). The second-order valence-electron chi connectivity index (χ2n) is 9.02. The number of aromatic amines is 1. The van der Waals surface area contributed by atoms with Gasteiger partial charge < -0.3 is 24.9 Å². The minimum absolute atomic E-state index is 0.306. The fraction of sp³-hybridized carbons (Fsp3) is 0.172. The van der Waals surface area contributed by atoms with Gasteiger partial charge in [0.1, 0.15) is 23.9 Å². The van der Waals surface area contributed by atoms with E-state index in [-0.39, 0.29) is 0 Å². The van der Waals surface area contributed by atoms with E-state index in [1.54, 1.807) is 24.3 Å². The Hall–Kier alpha value is -4.05. The van der Waals surface area contributed by atoms with Crippen LogP contribution < -0.4 is 19.5 Å². The van der Waals surface area contributed by atoms with Gasteiger partial charge in [0.05, 0.1) is 23.4 Å². The molecule has 1 atom stereocenters. The Morgan fingerprint density at radius 1 is 0.842 bits per heavy atom. The summed E-state index contributed by atoms with van der Waals surface area (Å²) in [6, 6.07) is 28.4. The van der Waals surface area contributed by atoms with Gasteiger partial charge in [0.15, 0.2) is 0 Å². The van der Waals surface area contributed by atoms with E-state index in [1.165, 1.54) is 0 Å². The van der Waals surface area contributed by atoms with Crippen LogP contribution in [0.25, 0.3) is 21.8 Å². The highest BCUT2D eigenvalue weighted by Crippen LogP contribution is 2.32. The number of H-pyrrole nitrogens is 1. The first-order chi connectivity index (χ1) is 18.3. The lowest BCUT2D eigenvalue weighted by Gasteiger charge is -2.14. The number of rotatable bonds is 11. The predicted octanol–water partition coefficient (Wildman–Crippen LogP) is 5.19. The second kappa shape index (κ2) is 11.1. The Bertz CT molecular complexity index is 1650. The Kier molecular flexibility index (Phi) is 7.50. The topological polar surface area (TPSA) is 113 Å². The standard InChI is InChI=1S/C29H29N3O5S/c1-38(34,35)32-21-7-5-6-20(16-21)29(33)19-30-14-15-36-23-10-12-25-26-13-11-24(18-28(26)31-27(25)17-23)37-22-8-3-2-4-9-22/h2-13,16-18,29-33H,14-15,19H2,1H3. The van der Waals surface area contributed by atoms with Crippen LogP contribution in [0.2, 0.25) is 0 Å². The molecule has 38 heavy (non-hydrogen) atoms. The molecule has 0 radical (unpaired) electrons. The van der Waals surface area contributed by atoms with E-state index in [0.717, 1.165) is 45.3 Å². The maximum atomic E-state index is 11.4. The number of benzene rings is 4. The minimum atomic E-state index is -3.38. The van der Waals surface area contributed by atoms with E-state index >= 15 is 0 Å². The van der Waals surface area contributed by atoms with Crippen LogP contribution in [0.4, 0.5) is 5.69 Å². The number of aromatic nitrogens is 1. The largest absolute Gasteiger partial charge is 0.492 e. The zero-order chi connectivity index (χ0) is 26.5. The first-order valence-corrected chi connectivity index (χ1v) is 14.1. The van der Waals surface area contributed by atoms with Crippen LogP contribution in [-0.2, 0) is 10.0 Å². The van der Waals surface area contributed by atoms with Crippen molar-refractivity contribution < 1.29 is 23.0 Å². The van der Waals surface area contributed by atoms with E-state index in [4.69, 9.17) is 9.47 Å². The number of aliphatic hydroxyl groups is 1. The Morgan fingerprint density at radius 3 is 2.29 bits per heavy atom. The van der Waals surface area contributed by atoms with Gasteiger partial charge in [0.2, 0.25) is 10.0 Å². The van der Waals surface area contributed by atoms with E-state index in [2.05, 4.69) is 21.1 Å². The normalized spacial score (nSPS) is 12.5. The van der Waals surface area contributed by atoms with E-state index in [9.17, 15) is 13.5 Å². The number of hydrogen-bond acceptors (Lipinski definition) is 6. The van der Waals surface area contributed by atoms with Crippen molar-refractivity contribution in [1.29, 1.82) is 0 Å². The van der Waals surface area contributed by atoms with Gasteiger partial charge >= 0.3 is 0 Å². The molecule has 1 unspecified atom stereocenters. The summed E-state index contributed by atoms with van der Waals surface area (Å²) in [5, 5.41) is 15.8. The number of sulfonamides is 1. The first kappa shape index (κ1) is 25.6. The average Bonchev–Trinajstić information content (AvgIpc) is 3.25. The Morgan fingerprint density at radius 2 is 1.55 bits per heavy atom. The highest BCUT2D eigenvalue weighted by Gasteiger charge is 2.10. The molecular weight excluding hydrogens is 502 g/mol. The molecule has 4 aromatic carbocycles. The van der Waals surface area contributed by atoms with Crippen molar-refractivity contribution in [3.63, 3.8) is 0 Å². The SMILES string of the molecule is CS(=O)(=O)Nc1cccc(C(O)CNCCOc2ccc3c(c2)[nH]c2cc(Oc4ccccc4)ccc23)c1. The van der Waals surface area contributed by atoms with Gasteiger partial charge in [-0.15, -0.1) is 0 Å². The smallest absolute Gasteiger partial charge is 0.229 e. The minimum Gasteiger partial charge on any atom is -0.492 e. The summed E-state index contributed by atoms with van der Waals surface area (Å²) in [5.41, 5.74) is 2.99. The summed E-state index contributed by atoms with van der Waals surface area (Å²) >= 11 is 0. The van der Waals surface area contributed by atoms with Crippen LogP contribution >= 0.6 is 0 Å². The number of aliphatic hydroxyl groups excluding tert-OH is 1. The molecule has 5 aromatic rings. The average molecular weight is 532 g/mol. The highest BCUT2D eigenvalue weighted by molar-refractivity contribution is 7.92. The van der Waals surface area contributed by atoms with Crippen molar-refractivity contribution in [1.82, 2.24) is 10.3 Å². The molecule has 0 saturated carbocycles. The number of ether oxygens (including phenoxy) is 2. The maximum absolute atomic E-state index is 11.4. The summed E-state index contributed by atoms with van der Waals surface area (Å²) in [7, 11) is -3.38. The van der Waals surface area contributed by atoms with Crippen LogP contribution in [0.3, 0.4) is 0 Å². The molecule has 0 aliphatic rings. The first-order valence-electron chi connectivity index (χ1n) is 12.2. The lowest BCUT2D eigenvalue weighted by atomic mass is 10.1. The molecule has 8 nitrogen and oxygen atoms in total.